The van der Waals surface area contributed by atoms with E-state index in [4.69, 9.17) is 9.47 Å². The number of pyridine rings is 1. The van der Waals surface area contributed by atoms with Crippen molar-refractivity contribution < 1.29 is 14.3 Å². The molecule has 4 heteroatoms. The highest BCUT2D eigenvalue weighted by Crippen LogP contribution is 2.46. The van der Waals surface area contributed by atoms with Gasteiger partial charge in [0.1, 0.15) is 0 Å². The summed E-state index contributed by atoms with van der Waals surface area (Å²) in [5, 5.41) is 0. The van der Waals surface area contributed by atoms with Crippen LogP contribution in [-0.2, 0) is 11.8 Å². The first-order chi connectivity index (χ1) is 10.1. The van der Waals surface area contributed by atoms with E-state index >= 15 is 0 Å². The molecule has 0 saturated carbocycles. The van der Waals surface area contributed by atoms with Gasteiger partial charge in [0.2, 0.25) is 0 Å². The van der Waals surface area contributed by atoms with Crippen molar-refractivity contribution in [2.75, 3.05) is 14.2 Å². The van der Waals surface area contributed by atoms with Crippen LogP contribution >= 0.6 is 0 Å². The normalized spacial score (nSPS) is 20.2. The summed E-state index contributed by atoms with van der Waals surface area (Å²) in [6.45, 7) is 1.97. The second kappa shape index (κ2) is 4.88. The summed E-state index contributed by atoms with van der Waals surface area (Å²) >= 11 is 0. The Kier molecular flexibility index (Phi) is 3.16. The van der Waals surface area contributed by atoms with Crippen LogP contribution in [0.4, 0.5) is 0 Å². The molecule has 0 amide bonds. The van der Waals surface area contributed by atoms with Crippen molar-refractivity contribution in [2.45, 2.75) is 18.8 Å². The number of ketones is 1. The monoisotopic (exact) mass is 283 g/mol. The molecule has 1 aliphatic carbocycles. The van der Waals surface area contributed by atoms with E-state index in [-0.39, 0.29) is 5.78 Å². The number of methoxy groups -OCH3 is 2. The zero-order valence-corrected chi connectivity index (χ0v) is 12.3. The fourth-order valence-electron chi connectivity index (χ4n) is 3.06. The SMILES string of the molecule is COc1ccc2c(c1OC)CC(C)(c1ccncc1)C2=O. The number of hydrogen-bond donors (Lipinski definition) is 0. The molecule has 2 aromatic rings. The number of fused-ring (bicyclic) bond motifs is 1. The van der Waals surface area contributed by atoms with Crippen molar-refractivity contribution in [1.82, 2.24) is 4.98 Å². The van der Waals surface area contributed by atoms with E-state index in [9.17, 15) is 4.79 Å². The lowest BCUT2D eigenvalue weighted by Gasteiger charge is -2.22. The lowest BCUT2D eigenvalue weighted by Crippen LogP contribution is -2.29. The van der Waals surface area contributed by atoms with Crippen LogP contribution in [0.15, 0.2) is 36.7 Å². The molecule has 21 heavy (non-hydrogen) atoms. The topological polar surface area (TPSA) is 48.4 Å². The molecule has 0 fully saturated rings. The molecule has 0 spiro atoms. The molecule has 1 heterocycles. The first-order valence-electron chi connectivity index (χ1n) is 6.81. The van der Waals surface area contributed by atoms with Gasteiger partial charge in [0, 0.05) is 23.5 Å². The minimum absolute atomic E-state index is 0.115. The number of aromatic nitrogens is 1. The van der Waals surface area contributed by atoms with Crippen LogP contribution < -0.4 is 9.47 Å². The number of ether oxygens (including phenoxy) is 2. The van der Waals surface area contributed by atoms with Crippen LogP contribution in [-0.4, -0.2) is 25.0 Å². The van der Waals surface area contributed by atoms with Crippen LogP contribution in [0.2, 0.25) is 0 Å². The van der Waals surface area contributed by atoms with Crippen molar-refractivity contribution >= 4 is 5.78 Å². The Bertz CT molecular complexity index is 697. The van der Waals surface area contributed by atoms with Crippen LogP contribution in [0.3, 0.4) is 0 Å². The van der Waals surface area contributed by atoms with Crippen molar-refractivity contribution in [3.05, 3.63) is 53.3 Å². The van der Waals surface area contributed by atoms with Crippen molar-refractivity contribution in [2.24, 2.45) is 0 Å². The second-order valence-electron chi connectivity index (χ2n) is 5.40. The predicted molar refractivity (Wildman–Crippen MR) is 79.2 cm³/mol. The van der Waals surface area contributed by atoms with E-state index in [1.54, 1.807) is 32.7 Å². The van der Waals surface area contributed by atoms with Crippen LogP contribution in [0.5, 0.6) is 11.5 Å². The molecular weight excluding hydrogens is 266 g/mol. The quantitative estimate of drug-likeness (QED) is 0.869. The summed E-state index contributed by atoms with van der Waals surface area (Å²) in [4.78, 5) is 16.9. The number of benzene rings is 1. The molecule has 0 radical (unpaired) electrons. The van der Waals surface area contributed by atoms with Gasteiger partial charge in [-0.15, -0.1) is 0 Å². The zero-order valence-electron chi connectivity index (χ0n) is 12.3. The van der Waals surface area contributed by atoms with Gasteiger partial charge in [-0.3, -0.25) is 9.78 Å². The fraction of sp³-hybridized carbons (Fsp3) is 0.294. The average molecular weight is 283 g/mol. The van der Waals surface area contributed by atoms with Crippen molar-refractivity contribution in [3.63, 3.8) is 0 Å². The standard InChI is InChI=1S/C17H17NO3/c1-17(11-6-8-18-9-7-11)10-13-12(16(17)19)4-5-14(20-2)15(13)21-3/h4-9H,10H2,1-3H3. The first-order valence-corrected chi connectivity index (χ1v) is 6.81. The van der Waals surface area contributed by atoms with Gasteiger partial charge in [-0.1, -0.05) is 0 Å². The smallest absolute Gasteiger partial charge is 0.173 e. The minimum atomic E-state index is -0.578. The van der Waals surface area contributed by atoms with Gasteiger partial charge < -0.3 is 9.47 Å². The van der Waals surface area contributed by atoms with E-state index < -0.39 is 5.41 Å². The Morgan fingerprint density at radius 1 is 1.10 bits per heavy atom. The third-order valence-electron chi connectivity index (χ3n) is 4.24. The van der Waals surface area contributed by atoms with Gasteiger partial charge in [0.15, 0.2) is 17.3 Å². The highest BCUT2D eigenvalue weighted by molar-refractivity contribution is 6.09. The van der Waals surface area contributed by atoms with Crippen LogP contribution in [0.25, 0.3) is 0 Å². The molecule has 1 aliphatic rings. The molecule has 0 aliphatic heterocycles. The highest BCUT2D eigenvalue weighted by Gasteiger charge is 2.44. The Balaban J connectivity index is 2.14. The highest BCUT2D eigenvalue weighted by atomic mass is 16.5. The predicted octanol–water partition coefficient (Wildman–Crippen LogP) is 2.80. The van der Waals surface area contributed by atoms with E-state index in [0.29, 0.717) is 23.5 Å². The van der Waals surface area contributed by atoms with E-state index in [1.807, 2.05) is 25.1 Å². The van der Waals surface area contributed by atoms with E-state index in [1.165, 1.54) is 0 Å². The first kappa shape index (κ1) is 13.6. The Labute approximate surface area is 123 Å². The van der Waals surface area contributed by atoms with E-state index in [2.05, 4.69) is 4.98 Å². The number of rotatable bonds is 3. The van der Waals surface area contributed by atoms with Gasteiger partial charge in [0.25, 0.3) is 0 Å². The number of hydrogen-bond acceptors (Lipinski definition) is 4. The summed E-state index contributed by atoms with van der Waals surface area (Å²) < 4.78 is 10.8. The lowest BCUT2D eigenvalue weighted by atomic mass is 9.79. The molecule has 3 rings (SSSR count). The molecule has 0 N–H and O–H groups in total. The van der Waals surface area contributed by atoms with Crippen LogP contribution in [0, 0.1) is 0 Å². The molecule has 0 bridgehead atoms. The largest absolute Gasteiger partial charge is 0.493 e. The second-order valence-corrected chi connectivity index (χ2v) is 5.40. The van der Waals surface area contributed by atoms with Crippen molar-refractivity contribution in [3.8, 4) is 11.5 Å². The van der Waals surface area contributed by atoms with Crippen LogP contribution in [0.1, 0.15) is 28.4 Å². The maximum absolute atomic E-state index is 12.9. The summed E-state index contributed by atoms with van der Waals surface area (Å²) in [6.07, 6.45) is 4.04. The zero-order chi connectivity index (χ0) is 15.0. The number of carbonyl (C=O) groups excluding carboxylic acids is 1. The average Bonchev–Trinajstić information content (AvgIpc) is 2.80. The van der Waals surface area contributed by atoms with Gasteiger partial charge in [-0.25, -0.2) is 0 Å². The molecule has 0 saturated heterocycles. The Hall–Kier alpha value is -2.36. The molecule has 1 unspecified atom stereocenters. The number of carbonyl (C=O) groups is 1. The number of nitrogens with zero attached hydrogens (tertiary/aromatic N) is 1. The Morgan fingerprint density at radius 2 is 1.81 bits per heavy atom. The molecule has 108 valence electrons. The molecule has 1 aromatic heterocycles. The Morgan fingerprint density at radius 3 is 2.43 bits per heavy atom. The van der Waals surface area contributed by atoms with Gasteiger partial charge >= 0.3 is 0 Å². The summed E-state index contributed by atoms with van der Waals surface area (Å²) in [7, 11) is 3.20. The van der Waals surface area contributed by atoms with Gasteiger partial charge in [0.05, 0.1) is 19.6 Å². The maximum Gasteiger partial charge on any atom is 0.173 e. The molecular formula is C17H17NO3. The van der Waals surface area contributed by atoms with Gasteiger partial charge in [-0.05, 0) is 43.2 Å². The van der Waals surface area contributed by atoms with E-state index in [0.717, 1.165) is 11.1 Å². The molecule has 1 atom stereocenters. The number of Topliss-reactive ketones (excluding diaryl/α,β-unsaturated/α-hetero) is 1. The third-order valence-corrected chi connectivity index (χ3v) is 4.24. The summed E-state index contributed by atoms with van der Waals surface area (Å²) in [5.41, 5.74) is 2.03. The van der Waals surface area contributed by atoms with Crippen molar-refractivity contribution in [1.29, 1.82) is 0 Å². The summed E-state index contributed by atoms with van der Waals surface area (Å²) in [5.74, 6) is 1.42. The molecule has 1 aromatic carbocycles. The lowest BCUT2D eigenvalue weighted by molar-refractivity contribution is 0.0915. The summed E-state index contributed by atoms with van der Waals surface area (Å²) in [6, 6.07) is 7.40. The third kappa shape index (κ3) is 1.90. The van der Waals surface area contributed by atoms with Gasteiger partial charge in [-0.2, -0.15) is 0 Å². The maximum atomic E-state index is 12.9. The molecule has 4 nitrogen and oxygen atoms in total. The fourth-order valence-corrected chi connectivity index (χ4v) is 3.06. The minimum Gasteiger partial charge on any atom is -0.493 e.